The molecule has 2 heterocycles. The first kappa shape index (κ1) is 20.2. The van der Waals surface area contributed by atoms with E-state index >= 15 is 0 Å². The summed E-state index contributed by atoms with van der Waals surface area (Å²) in [4.78, 5) is 4.23. The van der Waals surface area contributed by atoms with Gasteiger partial charge in [0.05, 0.1) is 24.9 Å². The summed E-state index contributed by atoms with van der Waals surface area (Å²) in [5.41, 5.74) is 3.72. The molecule has 0 saturated heterocycles. The maximum Gasteiger partial charge on any atom is 0.573 e. The van der Waals surface area contributed by atoms with Gasteiger partial charge in [-0.1, -0.05) is 0 Å². The van der Waals surface area contributed by atoms with E-state index in [1.807, 2.05) is 35.3 Å². The lowest BCUT2D eigenvalue weighted by Gasteiger charge is -2.14. The number of nitrogens with zero attached hydrogens (tertiary/aromatic N) is 3. The van der Waals surface area contributed by atoms with Crippen LogP contribution in [0.5, 0.6) is 11.5 Å². The van der Waals surface area contributed by atoms with Crippen LogP contribution in [0.3, 0.4) is 0 Å². The molecule has 6 nitrogen and oxygen atoms in total. The highest BCUT2D eigenvalue weighted by Crippen LogP contribution is 2.37. The van der Waals surface area contributed by atoms with E-state index in [1.54, 1.807) is 19.4 Å². The van der Waals surface area contributed by atoms with Gasteiger partial charge in [0.1, 0.15) is 11.5 Å². The Morgan fingerprint density at radius 3 is 2.62 bits per heavy atom. The molecule has 4 aromatic rings. The summed E-state index contributed by atoms with van der Waals surface area (Å²) in [5, 5.41) is 8.22. The lowest BCUT2D eigenvalue weighted by atomic mass is 10.1. The minimum Gasteiger partial charge on any atom is -0.497 e. The summed E-state index contributed by atoms with van der Waals surface area (Å²) in [6.07, 6.45) is 2.94. The van der Waals surface area contributed by atoms with Crippen molar-refractivity contribution in [3.8, 4) is 22.6 Å². The van der Waals surface area contributed by atoms with Gasteiger partial charge in [0.2, 0.25) is 0 Å². The van der Waals surface area contributed by atoms with Gasteiger partial charge in [-0.3, -0.25) is 9.67 Å². The largest absolute Gasteiger partial charge is 0.573 e. The monoisotopic (exact) mass is 440 g/mol. The van der Waals surface area contributed by atoms with E-state index in [0.29, 0.717) is 34.1 Å². The number of halogens is 3. The minimum atomic E-state index is -4.77. The molecule has 0 bridgehead atoms. The van der Waals surface area contributed by atoms with Crippen molar-refractivity contribution in [1.29, 1.82) is 0 Å². The standard InChI is InChI=1S/C23H19F3N4O2/c1-31-19-9-14(15-12-28-30(13-15)17-2-3-17)8-16(10-19)29-22-6-7-27-21-5-4-18(11-20(21)22)32-23(24,25)26/h4-13,17H,2-3H2,1H3,(H,27,29). The maximum absolute atomic E-state index is 12.7. The van der Waals surface area contributed by atoms with E-state index in [1.165, 1.54) is 18.2 Å². The molecule has 2 aromatic carbocycles. The summed E-state index contributed by atoms with van der Waals surface area (Å²) in [6.45, 7) is 0. The number of benzene rings is 2. The summed E-state index contributed by atoms with van der Waals surface area (Å²) in [5.74, 6) is 0.337. The van der Waals surface area contributed by atoms with Crippen LogP contribution in [0.15, 0.2) is 61.1 Å². The number of ether oxygens (including phenoxy) is 2. The van der Waals surface area contributed by atoms with E-state index in [-0.39, 0.29) is 5.75 Å². The van der Waals surface area contributed by atoms with Gasteiger partial charge in [-0.25, -0.2) is 0 Å². The second-order valence-corrected chi connectivity index (χ2v) is 7.60. The van der Waals surface area contributed by atoms with Crippen LogP contribution in [-0.4, -0.2) is 28.2 Å². The average Bonchev–Trinajstić information content (AvgIpc) is 3.49. The van der Waals surface area contributed by atoms with Crippen molar-refractivity contribution >= 4 is 22.3 Å². The van der Waals surface area contributed by atoms with Gasteiger partial charge in [0.25, 0.3) is 0 Å². The van der Waals surface area contributed by atoms with Gasteiger partial charge < -0.3 is 14.8 Å². The van der Waals surface area contributed by atoms with Crippen molar-refractivity contribution < 1.29 is 22.6 Å². The molecule has 1 aliphatic rings. The highest BCUT2D eigenvalue weighted by molar-refractivity contribution is 5.94. The summed E-state index contributed by atoms with van der Waals surface area (Å²) in [6, 6.07) is 11.9. The molecular weight excluding hydrogens is 421 g/mol. The molecule has 0 atom stereocenters. The molecule has 0 radical (unpaired) electrons. The van der Waals surface area contributed by atoms with Crippen molar-refractivity contribution in [1.82, 2.24) is 14.8 Å². The zero-order chi connectivity index (χ0) is 22.3. The number of hydrogen-bond donors (Lipinski definition) is 1. The van der Waals surface area contributed by atoms with Crippen LogP contribution < -0.4 is 14.8 Å². The number of fused-ring (bicyclic) bond motifs is 1. The second kappa shape index (κ2) is 7.74. The number of pyridine rings is 1. The van der Waals surface area contributed by atoms with Crippen molar-refractivity contribution in [2.75, 3.05) is 12.4 Å². The molecule has 164 valence electrons. The van der Waals surface area contributed by atoms with Gasteiger partial charge in [0.15, 0.2) is 0 Å². The SMILES string of the molecule is COc1cc(Nc2ccnc3ccc(OC(F)(F)F)cc23)cc(-c2cnn(C3CC3)c2)c1. The fourth-order valence-corrected chi connectivity index (χ4v) is 3.57. The average molecular weight is 440 g/mol. The molecule has 32 heavy (non-hydrogen) atoms. The number of anilines is 2. The molecule has 0 spiro atoms. The summed E-state index contributed by atoms with van der Waals surface area (Å²) in [7, 11) is 1.58. The Labute approximate surface area is 181 Å². The van der Waals surface area contributed by atoms with Crippen LogP contribution in [0, 0.1) is 0 Å². The number of methoxy groups -OCH3 is 1. The van der Waals surface area contributed by atoms with Crippen molar-refractivity contribution in [3.63, 3.8) is 0 Å². The fraction of sp³-hybridized carbons (Fsp3) is 0.217. The Hall–Kier alpha value is -3.75. The maximum atomic E-state index is 12.7. The van der Waals surface area contributed by atoms with Gasteiger partial charge in [-0.05, 0) is 54.8 Å². The van der Waals surface area contributed by atoms with Crippen LogP contribution in [-0.2, 0) is 0 Å². The normalized spacial score (nSPS) is 13.9. The van der Waals surface area contributed by atoms with Gasteiger partial charge in [-0.2, -0.15) is 5.10 Å². The van der Waals surface area contributed by atoms with E-state index in [0.717, 1.165) is 24.0 Å². The lowest BCUT2D eigenvalue weighted by Crippen LogP contribution is -2.17. The minimum absolute atomic E-state index is 0.306. The van der Waals surface area contributed by atoms with Crippen molar-refractivity contribution in [2.45, 2.75) is 25.2 Å². The lowest BCUT2D eigenvalue weighted by molar-refractivity contribution is -0.274. The Balaban J connectivity index is 1.50. The third kappa shape index (κ3) is 4.32. The number of rotatable bonds is 6. The first-order chi connectivity index (χ1) is 15.4. The van der Waals surface area contributed by atoms with Crippen LogP contribution in [0.4, 0.5) is 24.5 Å². The predicted molar refractivity (Wildman–Crippen MR) is 114 cm³/mol. The number of hydrogen-bond acceptors (Lipinski definition) is 5. The van der Waals surface area contributed by atoms with Crippen LogP contribution in [0.25, 0.3) is 22.0 Å². The van der Waals surface area contributed by atoms with Crippen LogP contribution in [0.2, 0.25) is 0 Å². The van der Waals surface area contributed by atoms with Crippen molar-refractivity contribution in [3.05, 3.63) is 61.1 Å². The molecular formula is C23H19F3N4O2. The quantitative estimate of drug-likeness (QED) is 0.394. The fourth-order valence-electron chi connectivity index (χ4n) is 3.57. The van der Waals surface area contributed by atoms with Gasteiger partial charge in [-0.15, -0.1) is 13.2 Å². The molecule has 1 fully saturated rings. The van der Waals surface area contributed by atoms with E-state index < -0.39 is 6.36 Å². The van der Waals surface area contributed by atoms with Crippen molar-refractivity contribution in [2.24, 2.45) is 0 Å². The number of nitrogens with one attached hydrogen (secondary N) is 1. The zero-order valence-electron chi connectivity index (χ0n) is 17.1. The van der Waals surface area contributed by atoms with E-state index in [2.05, 4.69) is 20.1 Å². The topological polar surface area (TPSA) is 61.2 Å². The zero-order valence-corrected chi connectivity index (χ0v) is 17.1. The van der Waals surface area contributed by atoms with Gasteiger partial charge >= 0.3 is 6.36 Å². The third-order valence-electron chi connectivity index (χ3n) is 5.22. The van der Waals surface area contributed by atoms with E-state index in [4.69, 9.17) is 4.74 Å². The number of aromatic nitrogens is 3. The molecule has 1 saturated carbocycles. The van der Waals surface area contributed by atoms with E-state index in [9.17, 15) is 13.2 Å². The van der Waals surface area contributed by atoms with Crippen LogP contribution in [0.1, 0.15) is 18.9 Å². The second-order valence-electron chi connectivity index (χ2n) is 7.60. The Kier molecular flexibility index (Phi) is 4.88. The first-order valence-electron chi connectivity index (χ1n) is 10.0. The molecule has 0 unspecified atom stereocenters. The molecule has 5 rings (SSSR count). The third-order valence-corrected chi connectivity index (χ3v) is 5.22. The molecule has 0 amide bonds. The Morgan fingerprint density at radius 2 is 1.88 bits per heavy atom. The Morgan fingerprint density at radius 1 is 1.03 bits per heavy atom. The predicted octanol–water partition coefficient (Wildman–Crippen LogP) is 6.08. The first-order valence-corrected chi connectivity index (χ1v) is 10.0. The Bertz CT molecular complexity index is 1280. The molecule has 9 heteroatoms. The number of alkyl halides is 3. The summed E-state index contributed by atoms with van der Waals surface area (Å²) >= 11 is 0. The molecule has 2 aromatic heterocycles. The molecule has 0 aliphatic heterocycles. The summed E-state index contributed by atoms with van der Waals surface area (Å²) < 4.78 is 49.5. The highest BCUT2D eigenvalue weighted by Gasteiger charge is 2.31. The van der Waals surface area contributed by atoms with Crippen LogP contribution >= 0.6 is 0 Å². The molecule has 1 N–H and O–H groups in total. The highest BCUT2D eigenvalue weighted by atomic mass is 19.4. The smallest absolute Gasteiger partial charge is 0.497 e. The molecule has 1 aliphatic carbocycles. The van der Waals surface area contributed by atoms with Gasteiger partial charge in [0, 0.05) is 40.8 Å².